The maximum Gasteiger partial charge on any atom is 0.206 e. The van der Waals surface area contributed by atoms with Gasteiger partial charge in [-0.15, -0.1) is 0 Å². The van der Waals surface area contributed by atoms with Gasteiger partial charge < -0.3 is 21.5 Å². The Balaban J connectivity index is 0.000000709. The second-order valence-electron chi connectivity index (χ2n) is 4.42. The monoisotopic (exact) mass is 362 g/mol. The van der Waals surface area contributed by atoms with Crippen molar-refractivity contribution in [3.63, 3.8) is 0 Å². The number of sulfone groups is 1. The van der Waals surface area contributed by atoms with Crippen LogP contribution in [-0.2, 0) is 20.0 Å². The van der Waals surface area contributed by atoms with Gasteiger partial charge in [-0.25, -0.2) is 16.8 Å². The maximum absolute atomic E-state index is 12.2. The summed E-state index contributed by atoms with van der Waals surface area (Å²) < 4.78 is 51.6. The van der Waals surface area contributed by atoms with Crippen molar-refractivity contribution in [2.24, 2.45) is 0 Å². The van der Waals surface area contributed by atoms with Crippen LogP contribution in [0.3, 0.4) is 0 Å². The smallest absolute Gasteiger partial charge is 0.206 e. The molecule has 8 nitrogen and oxygen atoms in total. The van der Waals surface area contributed by atoms with E-state index in [9.17, 15) is 8.42 Å². The summed E-state index contributed by atoms with van der Waals surface area (Å²) in [6, 6.07) is 12.6. The van der Waals surface area contributed by atoms with E-state index in [1.54, 1.807) is 36.4 Å². The van der Waals surface area contributed by atoms with Crippen molar-refractivity contribution in [2.75, 3.05) is 12.0 Å². The van der Waals surface area contributed by atoms with Crippen molar-refractivity contribution in [3.8, 4) is 0 Å². The van der Waals surface area contributed by atoms with Crippen LogP contribution in [0.2, 0.25) is 0 Å². The van der Waals surface area contributed by atoms with Gasteiger partial charge in [0.15, 0.2) is 0 Å². The predicted molar refractivity (Wildman–Crippen MR) is 84.5 cm³/mol. The Hall–Kier alpha value is -1.98. The molecule has 0 aliphatic carbocycles. The lowest BCUT2D eigenvalue weighted by molar-refractivity contribution is -0.254. The van der Waals surface area contributed by atoms with Crippen molar-refractivity contribution in [3.05, 3.63) is 48.5 Å². The van der Waals surface area contributed by atoms with Crippen molar-refractivity contribution in [2.45, 2.75) is 9.79 Å². The Labute approximate surface area is 134 Å². The minimum Gasteiger partial charge on any atom is -0.748 e. The van der Waals surface area contributed by atoms with E-state index in [2.05, 4.69) is 5.73 Å². The summed E-state index contributed by atoms with van der Waals surface area (Å²) in [6.45, 7) is 0. The van der Waals surface area contributed by atoms with Crippen LogP contribution in [-0.4, -0.2) is 33.1 Å². The quantitative estimate of drug-likeness (QED) is 0.527. The van der Waals surface area contributed by atoms with Crippen LogP contribution in [0.4, 0.5) is 11.4 Å². The van der Waals surface area contributed by atoms with E-state index < -0.39 is 20.0 Å². The first-order valence-corrected chi connectivity index (χ1v) is 9.23. The Morgan fingerprint density at radius 2 is 1.17 bits per heavy atom. The molecular formula is C13H18N2O6S2. The molecule has 0 atom stereocenters. The number of hydrogen-bond acceptors (Lipinski definition) is 6. The largest absolute Gasteiger partial charge is 0.748 e. The highest BCUT2D eigenvalue weighted by Gasteiger charge is 2.17. The van der Waals surface area contributed by atoms with Crippen LogP contribution in [0.1, 0.15) is 0 Å². The summed E-state index contributed by atoms with van der Waals surface area (Å²) in [5.41, 5.74) is 10.6. The van der Waals surface area contributed by atoms with Crippen LogP contribution >= 0.6 is 0 Å². The van der Waals surface area contributed by atoms with Gasteiger partial charge in [0.2, 0.25) is 9.84 Å². The lowest BCUT2D eigenvalue weighted by Crippen LogP contribution is -2.39. The molecule has 23 heavy (non-hydrogen) atoms. The maximum atomic E-state index is 12.2. The Kier molecular flexibility index (Phi) is 7.34. The van der Waals surface area contributed by atoms with Gasteiger partial charge in [0.05, 0.1) is 19.9 Å². The van der Waals surface area contributed by atoms with Crippen LogP contribution in [0.15, 0.2) is 58.3 Å². The molecule has 0 unspecified atom stereocenters. The average molecular weight is 362 g/mol. The SMILES string of the molecule is CS(=O)(=O)[O-].Nc1ccc(S(=O)(=O)c2ccc([NH3+])cc2)cc1.O. The minimum absolute atomic E-state index is 0. The second kappa shape index (κ2) is 8.04. The average Bonchev–Trinajstić information content (AvgIpc) is 2.38. The number of hydrogen-bond donors (Lipinski definition) is 2. The number of rotatable bonds is 2. The van der Waals surface area contributed by atoms with Gasteiger partial charge in [-0.3, -0.25) is 0 Å². The fourth-order valence-electron chi connectivity index (χ4n) is 1.45. The second-order valence-corrected chi connectivity index (χ2v) is 7.78. The van der Waals surface area contributed by atoms with E-state index in [0.717, 1.165) is 5.69 Å². The summed E-state index contributed by atoms with van der Waals surface area (Å²) in [5.74, 6) is 0. The molecule has 2 aromatic carbocycles. The third-order valence-corrected chi connectivity index (χ3v) is 4.21. The predicted octanol–water partition coefficient (Wildman–Crippen LogP) is -0.688. The van der Waals surface area contributed by atoms with E-state index in [1.165, 1.54) is 12.1 Å². The topological polar surface area (TPSA) is 176 Å². The lowest BCUT2D eigenvalue weighted by Gasteiger charge is -2.04. The zero-order chi connectivity index (χ0) is 17.0. The van der Waals surface area contributed by atoms with E-state index in [0.29, 0.717) is 11.9 Å². The fourth-order valence-corrected chi connectivity index (χ4v) is 2.71. The van der Waals surface area contributed by atoms with Crippen molar-refractivity contribution in [1.29, 1.82) is 0 Å². The van der Waals surface area contributed by atoms with Gasteiger partial charge in [-0.05, 0) is 36.4 Å². The molecule has 2 aromatic rings. The number of anilines is 1. The van der Waals surface area contributed by atoms with Gasteiger partial charge in [-0.1, -0.05) is 0 Å². The first-order chi connectivity index (χ1) is 10.00. The van der Waals surface area contributed by atoms with Crippen LogP contribution in [0.5, 0.6) is 0 Å². The number of quaternary nitrogens is 1. The van der Waals surface area contributed by atoms with Crippen molar-refractivity contribution < 1.29 is 32.6 Å². The molecule has 0 bridgehead atoms. The highest BCUT2D eigenvalue weighted by atomic mass is 32.2. The van der Waals surface area contributed by atoms with E-state index in [1.807, 2.05) is 0 Å². The highest BCUT2D eigenvalue weighted by Crippen LogP contribution is 2.21. The minimum atomic E-state index is -3.92. The van der Waals surface area contributed by atoms with Gasteiger partial charge in [-0.2, -0.15) is 0 Å². The molecular weight excluding hydrogens is 344 g/mol. The third kappa shape index (κ3) is 7.21. The van der Waals surface area contributed by atoms with E-state index in [4.69, 9.17) is 18.7 Å². The lowest BCUT2D eigenvalue weighted by atomic mass is 10.3. The van der Waals surface area contributed by atoms with E-state index in [-0.39, 0.29) is 15.3 Å². The molecule has 0 aliphatic rings. The molecule has 0 saturated carbocycles. The molecule has 0 saturated heterocycles. The Morgan fingerprint density at radius 3 is 1.52 bits per heavy atom. The summed E-state index contributed by atoms with van der Waals surface area (Å²) in [7, 11) is -7.37. The summed E-state index contributed by atoms with van der Waals surface area (Å²) >= 11 is 0. The summed E-state index contributed by atoms with van der Waals surface area (Å²) in [4.78, 5) is 0.498. The molecule has 0 aromatic heterocycles. The molecule has 7 N–H and O–H groups in total. The molecule has 128 valence electrons. The first-order valence-electron chi connectivity index (χ1n) is 5.93. The Bertz CT molecular complexity index is 770. The molecule has 0 spiro atoms. The highest BCUT2D eigenvalue weighted by molar-refractivity contribution is 7.91. The first kappa shape index (κ1) is 21.0. The van der Waals surface area contributed by atoms with Gasteiger partial charge >= 0.3 is 0 Å². The standard InChI is InChI=1S/C12H12N2O2S.CH4O3S.H2O/c13-9-1-5-11(6-2-9)17(15,16)12-7-3-10(14)4-8-12;1-5(2,3)4;/h1-8H,13-14H2;1H3,(H,2,3,4);1H2. The molecule has 2 rings (SSSR count). The summed E-state index contributed by atoms with van der Waals surface area (Å²) in [5, 5.41) is 0. The van der Waals surface area contributed by atoms with Crippen molar-refractivity contribution in [1.82, 2.24) is 0 Å². The van der Waals surface area contributed by atoms with Gasteiger partial charge in [0.1, 0.15) is 5.69 Å². The molecule has 0 fully saturated rings. The zero-order valence-corrected chi connectivity index (χ0v) is 13.9. The number of nitrogens with two attached hydrogens (primary N) is 1. The molecule has 0 amide bonds. The van der Waals surface area contributed by atoms with Gasteiger partial charge in [0.25, 0.3) is 0 Å². The molecule has 0 aliphatic heterocycles. The summed E-state index contributed by atoms with van der Waals surface area (Å²) in [6.07, 6.45) is 0.604. The van der Waals surface area contributed by atoms with Gasteiger partial charge in [0, 0.05) is 24.1 Å². The van der Waals surface area contributed by atoms with E-state index >= 15 is 0 Å². The Morgan fingerprint density at radius 1 is 0.870 bits per heavy atom. The van der Waals surface area contributed by atoms with Crippen LogP contribution < -0.4 is 11.5 Å². The molecule has 0 heterocycles. The third-order valence-electron chi connectivity index (χ3n) is 2.42. The molecule has 10 heteroatoms. The zero-order valence-electron chi connectivity index (χ0n) is 12.3. The van der Waals surface area contributed by atoms with Crippen LogP contribution in [0.25, 0.3) is 0 Å². The normalized spacial score (nSPS) is 10.9. The fraction of sp³-hybridized carbons (Fsp3) is 0.0769. The van der Waals surface area contributed by atoms with Crippen molar-refractivity contribution >= 4 is 31.3 Å². The number of nitrogen functional groups attached to an aromatic ring is 1. The number of benzene rings is 2. The molecule has 0 radical (unpaired) electrons. The van der Waals surface area contributed by atoms with Crippen LogP contribution in [0, 0.1) is 0 Å².